The first-order valence-corrected chi connectivity index (χ1v) is 8.02. The first-order chi connectivity index (χ1) is 9.42. The van der Waals surface area contributed by atoms with Crippen LogP contribution in [0.15, 0.2) is 40.1 Å². The van der Waals surface area contributed by atoms with E-state index in [2.05, 4.69) is 9.71 Å². The molecule has 0 spiro atoms. The van der Waals surface area contributed by atoms with Gasteiger partial charge < -0.3 is 5.11 Å². The maximum atomic E-state index is 12.2. The molecule has 20 heavy (non-hydrogen) atoms. The molecular weight excluding hydrogens is 300 g/mol. The van der Waals surface area contributed by atoms with Gasteiger partial charge in [-0.15, -0.1) is 11.3 Å². The Labute approximate surface area is 120 Å². The molecule has 0 fully saturated rings. The Balaban J connectivity index is 2.28. The lowest BCUT2D eigenvalue weighted by Gasteiger charge is -2.13. The summed E-state index contributed by atoms with van der Waals surface area (Å²) in [6.07, 6.45) is 0. The smallest absolute Gasteiger partial charge is 0.356 e. The molecule has 0 saturated heterocycles. The number of thiazole rings is 1. The Morgan fingerprint density at radius 1 is 1.35 bits per heavy atom. The molecule has 0 amide bonds. The topological polar surface area (TPSA) is 96.4 Å². The largest absolute Gasteiger partial charge is 0.476 e. The normalized spacial score (nSPS) is 13.1. The average Bonchev–Trinajstić information content (AvgIpc) is 2.89. The SMILES string of the molecule is C[C@@H](NS(=O)(=O)c1scnc1C(=O)O)c1ccccc1. The van der Waals surface area contributed by atoms with Crippen LogP contribution in [0, 0.1) is 0 Å². The standard InChI is InChI=1S/C12H12N2O4S2/c1-8(9-5-3-2-4-6-9)14-20(17,18)12-10(11(15)16)13-7-19-12/h2-8,14H,1H3,(H,15,16)/t8-/m1/s1. The van der Waals surface area contributed by atoms with Crippen molar-refractivity contribution in [3.63, 3.8) is 0 Å². The van der Waals surface area contributed by atoms with Crippen LogP contribution < -0.4 is 4.72 Å². The van der Waals surface area contributed by atoms with E-state index in [1.165, 1.54) is 5.51 Å². The summed E-state index contributed by atoms with van der Waals surface area (Å²) in [4.78, 5) is 14.5. The highest BCUT2D eigenvalue weighted by Gasteiger charge is 2.27. The van der Waals surface area contributed by atoms with Gasteiger partial charge in [-0.25, -0.2) is 22.9 Å². The number of hydrogen-bond donors (Lipinski definition) is 2. The summed E-state index contributed by atoms with van der Waals surface area (Å²) in [7, 11) is -3.91. The molecule has 0 radical (unpaired) electrons. The summed E-state index contributed by atoms with van der Waals surface area (Å²) in [6, 6.07) is 8.54. The van der Waals surface area contributed by atoms with Crippen molar-refractivity contribution >= 4 is 27.3 Å². The predicted octanol–water partition coefficient (Wildman–Crippen LogP) is 1.88. The van der Waals surface area contributed by atoms with E-state index in [0.29, 0.717) is 0 Å². The van der Waals surface area contributed by atoms with E-state index in [4.69, 9.17) is 5.11 Å². The van der Waals surface area contributed by atoms with Gasteiger partial charge in [0.15, 0.2) is 9.90 Å². The van der Waals surface area contributed by atoms with Crippen LogP contribution in [0.2, 0.25) is 0 Å². The maximum Gasteiger partial charge on any atom is 0.356 e. The number of aromatic nitrogens is 1. The average molecular weight is 312 g/mol. The number of carboxylic acids is 1. The van der Waals surface area contributed by atoms with Crippen LogP contribution in [0.3, 0.4) is 0 Å². The van der Waals surface area contributed by atoms with Gasteiger partial charge in [-0.3, -0.25) is 0 Å². The summed E-state index contributed by atoms with van der Waals surface area (Å²) >= 11 is 0.780. The third-order valence-corrected chi connectivity index (χ3v) is 5.52. The molecule has 1 aromatic carbocycles. The third-order valence-electron chi connectivity index (χ3n) is 2.61. The number of hydrogen-bond acceptors (Lipinski definition) is 5. The van der Waals surface area contributed by atoms with Gasteiger partial charge in [-0.05, 0) is 12.5 Å². The van der Waals surface area contributed by atoms with E-state index in [-0.39, 0.29) is 4.21 Å². The molecule has 0 bridgehead atoms. The molecule has 1 aromatic heterocycles. The van der Waals surface area contributed by atoms with E-state index in [9.17, 15) is 13.2 Å². The van der Waals surface area contributed by atoms with Crippen molar-refractivity contribution in [2.45, 2.75) is 17.2 Å². The first-order valence-electron chi connectivity index (χ1n) is 5.66. The van der Waals surface area contributed by atoms with Gasteiger partial charge in [0.05, 0.1) is 5.51 Å². The molecule has 6 nitrogen and oxygen atoms in total. The fourth-order valence-electron chi connectivity index (χ4n) is 1.66. The van der Waals surface area contributed by atoms with E-state index < -0.39 is 27.7 Å². The monoisotopic (exact) mass is 312 g/mol. The van der Waals surface area contributed by atoms with Gasteiger partial charge >= 0.3 is 5.97 Å². The molecule has 0 saturated carbocycles. The molecule has 0 aliphatic rings. The Morgan fingerprint density at radius 2 is 2.00 bits per heavy atom. The fourth-order valence-corrected chi connectivity index (χ4v) is 4.05. The number of carboxylic acid groups (broad SMARTS) is 1. The molecule has 0 aliphatic heterocycles. The molecule has 2 rings (SSSR count). The van der Waals surface area contributed by atoms with Gasteiger partial charge in [0, 0.05) is 6.04 Å². The second kappa shape index (κ2) is 5.70. The number of sulfonamides is 1. The zero-order valence-electron chi connectivity index (χ0n) is 10.5. The highest BCUT2D eigenvalue weighted by Crippen LogP contribution is 2.22. The molecule has 0 aliphatic carbocycles. The minimum atomic E-state index is -3.91. The number of aromatic carboxylic acids is 1. The van der Waals surface area contributed by atoms with Gasteiger partial charge in [-0.1, -0.05) is 30.3 Å². The summed E-state index contributed by atoms with van der Waals surface area (Å²) < 4.78 is 26.6. The Hall–Kier alpha value is -1.77. The lowest BCUT2D eigenvalue weighted by molar-refractivity contribution is 0.0687. The van der Waals surface area contributed by atoms with Gasteiger partial charge in [0.25, 0.3) is 10.0 Å². The lowest BCUT2D eigenvalue weighted by Crippen LogP contribution is -2.27. The van der Waals surface area contributed by atoms with Crippen molar-refractivity contribution in [1.82, 2.24) is 9.71 Å². The highest BCUT2D eigenvalue weighted by molar-refractivity contribution is 7.91. The molecule has 0 unspecified atom stereocenters. The molecule has 1 atom stereocenters. The number of nitrogens with one attached hydrogen (secondary N) is 1. The quantitative estimate of drug-likeness (QED) is 0.878. The van der Waals surface area contributed by atoms with E-state index in [1.54, 1.807) is 31.2 Å². The molecule has 8 heteroatoms. The highest BCUT2D eigenvalue weighted by atomic mass is 32.2. The van der Waals surface area contributed by atoms with E-state index >= 15 is 0 Å². The van der Waals surface area contributed by atoms with Crippen molar-refractivity contribution in [1.29, 1.82) is 0 Å². The van der Waals surface area contributed by atoms with Crippen LogP contribution in [0.4, 0.5) is 0 Å². The second-order valence-corrected chi connectivity index (χ2v) is 6.81. The van der Waals surface area contributed by atoms with Gasteiger partial charge in [0.1, 0.15) is 0 Å². The van der Waals surface area contributed by atoms with Crippen LogP contribution in [-0.4, -0.2) is 24.5 Å². The van der Waals surface area contributed by atoms with Gasteiger partial charge in [0.2, 0.25) is 0 Å². The Bertz CT molecular complexity index is 710. The van der Waals surface area contributed by atoms with E-state index in [0.717, 1.165) is 16.9 Å². The van der Waals surface area contributed by atoms with Crippen molar-refractivity contribution in [3.05, 3.63) is 47.1 Å². The molecule has 1 heterocycles. The van der Waals surface area contributed by atoms with E-state index in [1.807, 2.05) is 6.07 Å². The van der Waals surface area contributed by atoms with Crippen LogP contribution in [0.25, 0.3) is 0 Å². The van der Waals surface area contributed by atoms with Crippen molar-refractivity contribution in [3.8, 4) is 0 Å². The fraction of sp³-hybridized carbons (Fsp3) is 0.167. The lowest BCUT2D eigenvalue weighted by atomic mass is 10.1. The summed E-state index contributed by atoms with van der Waals surface area (Å²) in [6.45, 7) is 1.69. The minimum Gasteiger partial charge on any atom is -0.476 e. The Morgan fingerprint density at radius 3 is 2.60 bits per heavy atom. The number of rotatable bonds is 5. The molecule has 2 N–H and O–H groups in total. The molecule has 106 valence electrons. The second-order valence-electron chi connectivity index (χ2n) is 4.05. The van der Waals surface area contributed by atoms with Crippen LogP contribution in [0.5, 0.6) is 0 Å². The summed E-state index contributed by atoms with van der Waals surface area (Å²) in [5, 5.41) is 8.92. The number of nitrogens with zero attached hydrogens (tertiary/aromatic N) is 1. The van der Waals surface area contributed by atoms with Crippen LogP contribution >= 0.6 is 11.3 Å². The van der Waals surface area contributed by atoms with Crippen molar-refractivity contribution in [2.24, 2.45) is 0 Å². The number of carbonyl (C=O) groups is 1. The van der Waals surface area contributed by atoms with Crippen molar-refractivity contribution in [2.75, 3.05) is 0 Å². The zero-order chi connectivity index (χ0) is 14.8. The molecule has 2 aromatic rings. The first kappa shape index (κ1) is 14.6. The predicted molar refractivity (Wildman–Crippen MR) is 74.3 cm³/mol. The summed E-state index contributed by atoms with van der Waals surface area (Å²) in [5.74, 6) is -1.36. The summed E-state index contributed by atoms with van der Waals surface area (Å²) in [5.41, 5.74) is 1.53. The minimum absolute atomic E-state index is 0.284. The maximum absolute atomic E-state index is 12.2. The van der Waals surface area contributed by atoms with Crippen LogP contribution in [-0.2, 0) is 10.0 Å². The van der Waals surface area contributed by atoms with Crippen LogP contribution in [0.1, 0.15) is 29.0 Å². The zero-order valence-corrected chi connectivity index (χ0v) is 12.1. The molecular formula is C12H12N2O4S2. The third kappa shape index (κ3) is 3.03. The van der Waals surface area contributed by atoms with Crippen molar-refractivity contribution < 1.29 is 18.3 Å². The number of benzene rings is 1. The van der Waals surface area contributed by atoms with Gasteiger partial charge in [-0.2, -0.15) is 0 Å². The Kier molecular flexibility index (Phi) is 4.17.